The Balaban J connectivity index is 1.54. The first kappa shape index (κ1) is 22.6. The highest BCUT2D eigenvalue weighted by Crippen LogP contribution is 2.35. The molecule has 33 heavy (non-hydrogen) atoms. The van der Waals surface area contributed by atoms with E-state index in [0.29, 0.717) is 40.3 Å². The van der Waals surface area contributed by atoms with Crippen LogP contribution in [0.4, 0.5) is 5.69 Å². The molecule has 168 valence electrons. The van der Waals surface area contributed by atoms with E-state index in [2.05, 4.69) is 4.99 Å². The van der Waals surface area contributed by atoms with E-state index in [1.807, 2.05) is 62.4 Å². The number of esters is 1. The molecule has 7 heteroatoms. The fourth-order valence-electron chi connectivity index (χ4n) is 3.30. The van der Waals surface area contributed by atoms with Crippen LogP contribution in [0, 0.1) is 6.92 Å². The van der Waals surface area contributed by atoms with Crippen molar-refractivity contribution in [1.82, 2.24) is 4.90 Å². The fraction of sp³-hybridized carbons (Fsp3) is 0.192. The van der Waals surface area contributed by atoms with Gasteiger partial charge < -0.3 is 9.15 Å². The molecule has 1 aromatic heterocycles. The van der Waals surface area contributed by atoms with E-state index in [-0.39, 0.29) is 11.9 Å². The average Bonchev–Trinajstić information content (AvgIpc) is 3.40. The van der Waals surface area contributed by atoms with Crippen molar-refractivity contribution in [2.75, 3.05) is 13.2 Å². The lowest BCUT2D eigenvalue weighted by Crippen LogP contribution is -2.28. The van der Waals surface area contributed by atoms with Gasteiger partial charge in [-0.05, 0) is 68.9 Å². The second-order valence-electron chi connectivity index (χ2n) is 7.39. The molecule has 1 fully saturated rings. The maximum atomic E-state index is 12.9. The zero-order chi connectivity index (χ0) is 23.4. The maximum Gasteiger partial charge on any atom is 0.338 e. The summed E-state index contributed by atoms with van der Waals surface area (Å²) in [5.41, 5.74) is 3.28. The topological polar surface area (TPSA) is 72.1 Å². The number of aliphatic imine (C=N–C) groups is 1. The van der Waals surface area contributed by atoms with Crippen LogP contribution in [0.3, 0.4) is 0 Å². The molecule has 1 amide bonds. The summed E-state index contributed by atoms with van der Waals surface area (Å²) in [6.45, 7) is 6.59. The number of ether oxygens (including phenoxy) is 1. The minimum Gasteiger partial charge on any atom is -0.462 e. The summed E-state index contributed by atoms with van der Waals surface area (Å²) >= 11 is 1.34. The molecule has 0 unspecified atom stereocenters. The molecule has 2 heterocycles. The molecule has 0 aliphatic carbocycles. The Kier molecular flexibility index (Phi) is 6.79. The molecular formula is C26H24N2O4S. The first-order chi connectivity index (χ1) is 16.0. The molecule has 3 aromatic rings. The second kappa shape index (κ2) is 9.92. The SMILES string of the molecule is CCOC(=O)c1ccc(-c2ccc(/C=C3/SC(=Nc4ccc(C)cc4)N(CC)C3=O)o2)cc1. The lowest BCUT2D eigenvalue weighted by molar-refractivity contribution is -0.122. The van der Waals surface area contributed by atoms with Crippen LogP contribution in [0.25, 0.3) is 17.4 Å². The molecule has 0 saturated carbocycles. The molecule has 0 N–H and O–H groups in total. The summed E-state index contributed by atoms with van der Waals surface area (Å²) in [6.07, 6.45) is 1.74. The highest BCUT2D eigenvalue weighted by molar-refractivity contribution is 8.18. The van der Waals surface area contributed by atoms with Crippen molar-refractivity contribution < 1.29 is 18.7 Å². The van der Waals surface area contributed by atoms with Gasteiger partial charge in [0.2, 0.25) is 0 Å². The van der Waals surface area contributed by atoms with Gasteiger partial charge in [0.05, 0.1) is 22.8 Å². The van der Waals surface area contributed by atoms with Crippen LogP contribution in [-0.2, 0) is 9.53 Å². The van der Waals surface area contributed by atoms with Gasteiger partial charge in [0, 0.05) is 18.2 Å². The Morgan fingerprint density at radius 2 is 1.79 bits per heavy atom. The van der Waals surface area contributed by atoms with Crippen molar-refractivity contribution >= 4 is 40.6 Å². The fourth-order valence-corrected chi connectivity index (χ4v) is 4.34. The molecule has 0 bridgehead atoms. The van der Waals surface area contributed by atoms with Gasteiger partial charge in [0.15, 0.2) is 5.17 Å². The maximum absolute atomic E-state index is 12.9. The van der Waals surface area contributed by atoms with Crippen LogP contribution < -0.4 is 0 Å². The van der Waals surface area contributed by atoms with E-state index in [9.17, 15) is 9.59 Å². The third kappa shape index (κ3) is 5.09. The number of rotatable bonds is 6. The van der Waals surface area contributed by atoms with Crippen LogP contribution in [0.2, 0.25) is 0 Å². The summed E-state index contributed by atoms with van der Waals surface area (Å²) in [4.78, 5) is 31.6. The normalized spacial score (nSPS) is 16.1. The van der Waals surface area contributed by atoms with Crippen molar-refractivity contribution in [2.24, 2.45) is 4.99 Å². The van der Waals surface area contributed by atoms with Crippen molar-refractivity contribution in [3.63, 3.8) is 0 Å². The number of hydrogen-bond donors (Lipinski definition) is 0. The van der Waals surface area contributed by atoms with Crippen LogP contribution in [0.15, 0.2) is 75.0 Å². The quantitative estimate of drug-likeness (QED) is 0.330. The average molecular weight is 461 g/mol. The Bertz CT molecular complexity index is 1220. The predicted octanol–water partition coefficient (Wildman–Crippen LogP) is 6.06. The van der Waals surface area contributed by atoms with Crippen molar-refractivity contribution in [3.05, 3.63) is 82.5 Å². The lowest BCUT2D eigenvalue weighted by Gasteiger charge is -2.11. The molecule has 1 aliphatic heterocycles. The van der Waals surface area contributed by atoms with Crippen molar-refractivity contribution in [3.8, 4) is 11.3 Å². The number of hydrogen-bond acceptors (Lipinski definition) is 6. The van der Waals surface area contributed by atoms with Gasteiger partial charge in [0.25, 0.3) is 5.91 Å². The van der Waals surface area contributed by atoms with Gasteiger partial charge in [-0.25, -0.2) is 9.79 Å². The number of amides is 1. The predicted molar refractivity (Wildman–Crippen MR) is 131 cm³/mol. The van der Waals surface area contributed by atoms with Gasteiger partial charge in [-0.1, -0.05) is 29.8 Å². The summed E-state index contributed by atoms with van der Waals surface area (Å²) < 4.78 is 11.0. The molecule has 1 saturated heterocycles. The van der Waals surface area contributed by atoms with Crippen LogP contribution in [0.1, 0.15) is 35.5 Å². The van der Waals surface area contributed by atoms with Crippen LogP contribution >= 0.6 is 11.8 Å². The number of carbonyl (C=O) groups is 2. The molecule has 1 aliphatic rings. The van der Waals surface area contributed by atoms with Crippen LogP contribution in [0.5, 0.6) is 0 Å². The number of benzene rings is 2. The van der Waals surface area contributed by atoms with E-state index >= 15 is 0 Å². The zero-order valence-corrected chi connectivity index (χ0v) is 19.5. The van der Waals surface area contributed by atoms with Gasteiger partial charge in [-0.3, -0.25) is 9.69 Å². The minimum absolute atomic E-state index is 0.0925. The minimum atomic E-state index is -0.353. The highest BCUT2D eigenvalue weighted by Gasteiger charge is 2.32. The third-order valence-corrected chi connectivity index (χ3v) is 6.05. The standard InChI is InChI=1S/C26H24N2O4S/c1-4-28-24(29)23(33-26(28)27-20-12-6-17(3)7-13-20)16-21-14-15-22(32-21)18-8-10-19(11-9-18)25(30)31-5-2/h6-16H,4-5H2,1-3H3/b23-16+,27-26?. The number of thioether (sulfide) groups is 1. The molecule has 0 atom stereocenters. The van der Waals surface area contributed by atoms with E-state index in [0.717, 1.165) is 16.8 Å². The van der Waals surface area contributed by atoms with E-state index < -0.39 is 0 Å². The Morgan fingerprint density at radius 1 is 1.06 bits per heavy atom. The smallest absolute Gasteiger partial charge is 0.338 e. The molecule has 6 nitrogen and oxygen atoms in total. The van der Waals surface area contributed by atoms with E-state index in [4.69, 9.17) is 9.15 Å². The Labute approximate surface area is 197 Å². The molecule has 0 spiro atoms. The second-order valence-corrected chi connectivity index (χ2v) is 8.40. The van der Waals surface area contributed by atoms with Gasteiger partial charge in [-0.15, -0.1) is 0 Å². The van der Waals surface area contributed by atoms with E-state index in [1.54, 1.807) is 30.0 Å². The first-order valence-corrected chi connectivity index (χ1v) is 11.5. The van der Waals surface area contributed by atoms with Crippen molar-refractivity contribution in [2.45, 2.75) is 20.8 Å². The monoisotopic (exact) mass is 460 g/mol. The van der Waals surface area contributed by atoms with Gasteiger partial charge >= 0.3 is 5.97 Å². The number of aryl methyl sites for hydroxylation is 1. The Hall–Kier alpha value is -3.58. The summed E-state index contributed by atoms with van der Waals surface area (Å²) in [5.74, 6) is 0.774. The number of amidine groups is 1. The third-order valence-electron chi connectivity index (χ3n) is 5.04. The van der Waals surface area contributed by atoms with Gasteiger partial charge in [0.1, 0.15) is 11.5 Å². The molecular weight excluding hydrogens is 436 g/mol. The zero-order valence-electron chi connectivity index (χ0n) is 18.7. The van der Waals surface area contributed by atoms with Crippen molar-refractivity contribution in [1.29, 1.82) is 0 Å². The molecule has 2 aromatic carbocycles. The number of likely N-dealkylation sites (N-methyl/N-ethyl adjacent to an activating group) is 1. The van der Waals surface area contributed by atoms with Crippen LogP contribution in [-0.4, -0.2) is 35.1 Å². The summed E-state index contributed by atoms with van der Waals surface area (Å²) in [7, 11) is 0. The summed E-state index contributed by atoms with van der Waals surface area (Å²) in [6, 6.07) is 18.6. The lowest BCUT2D eigenvalue weighted by atomic mass is 10.1. The van der Waals surface area contributed by atoms with Gasteiger partial charge in [-0.2, -0.15) is 0 Å². The first-order valence-electron chi connectivity index (χ1n) is 10.7. The number of furan rings is 1. The highest BCUT2D eigenvalue weighted by atomic mass is 32.2. The number of nitrogens with zero attached hydrogens (tertiary/aromatic N) is 2. The number of carbonyl (C=O) groups excluding carboxylic acids is 2. The molecule has 0 radical (unpaired) electrons. The molecule has 4 rings (SSSR count). The Morgan fingerprint density at radius 3 is 2.45 bits per heavy atom. The largest absolute Gasteiger partial charge is 0.462 e. The van der Waals surface area contributed by atoms with E-state index in [1.165, 1.54) is 11.8 Å². The summed E-state index contributed by atoms with van der Waals surface area (Å²) in [5, 5.41) is 0.652.